The van der Waals surface area contributed by atoms with Crippen LogP contribution in [0.2, 0.25) is 0 Å². The van der Waals surface area contributed by atoms with Crippen molar-refractivity contribution in [3.63, 3.8) is 0 Å². The molecule has 1 aromatic rings. The van der Waals surface area contributed by atoms with E-state index < -0.39 is 6.10 Å². The van der Waals surface area contributed by atoms with Gasteiger partial charge >= 0.3 is 0 Å². The first-order valence-corrected chi connectivity index (χ1v) is 11.9. The fourth-order valence-electron chi connectivity index (χ4n) is 5.14. The monoisotopic (exact) mass is 440 g/mol. The fourth-order valence-corrected chi connectivity index (χ4v) is 5.14. The van der Waals surface area contributed by atoms with Crippen LogP contribution in [-0.2, 0) is 11.2 Å². The van der Waals surface area contributed by atoms with Gasteiger partial charge in [-0.1, -0.05) is 35.9 Å². The summed E-state index contributed by atoms with van der Waals surface area (Å²) in [4.78, 5) is 15.4. The Morgan fingerprint density at radius 3 is 2.53 bits per heavy atom. The van der Waals surface area contributed by atoms with Gasteiger partial charge in [0.15, 0.2) is 0 Å². The predicted molar refractivity (Wildman–Crippen MR) is 131 cm³/mol. The van der Waals surface area contributed by atoms with Gasteiger partial charge in [0.2, 0.25) is 5.91 Å². The topological polar surface area (TPSA) is 64.0 Å². The van der Waals surface area contributed by atoms with Gasteiger partial charge in [-0.3, -0.25) is 4.79 Å². The zero-order chi connectivity index (χ0) is 23.3. The lowest BCUT2D eigenvalue weighted by molar-refractivity contribution is -0.128. The van der Waals surface area contributed by atoms with E-state index in [0.717, 1.165) is 43.4 Å². The van der Waals surface area contributed by atoms with E-state index in [2.05, 4.69) is 41.3 Å². The molecule has 0 unspecified atom stereocenters. The van der Waals surface area contributed by atoms with E-state index >= 15 is 0 Å². The number of allylic oxidation sites excluding steroid dienone is 2. The first-order chi connectivity index (χ1) is 15.2. The molecular formula is C27H40N2O3. The Balaban J connectivity index is 1.47. The number of hydrogen-bond donors (Lipinski definition) is 2. The highest BCUT2D eigenvalue weighted by molar-refractivity contribution is 5.75. The van der Waals surface area contributed by atoms with Crippen molar-refractivity contribution in [2.24, 2.45) is 17.8 Å². The van der Waals surface area contributed by atoms with Gasteiger partial charge in [-0.05, 0) is 61.6 Å². The molecule has 5 nitrogen and oxygen atoms in total. The molecule has 0 saturated heterocycles. The molecule has 0 heterocycles. The van der Waals surface area contributed by atoms with Crippen molar-refractivity contribution in [2.75, 3.05) is 33.1 Å². The molecule has 0 radical (unpaired) electrons. The summed E-state index contributed by atoms with van der Waals surface area (Å²) in [5, 5.41) is 21.1. The van der Waals surface area contributed by atoms with Gasteiger partial charge in [0.05, 0.1) is 12.2 Å². The number of amides is 1. The number of nitrogens with zero attached hydrogens (tertiary/aromatic N) is 2. The number of unbranched alkanes of at least 4 members (excludes halogenated alkanes) is 1. The normalized spacial score (nSPS) is 25.6. The van der Waals surface area contributed by atoms with E-state index in [1.165, 1.54) is 5.57 Å². The van der Waals surface area contributed by atoms with Crippen molar-refractivity contribution in [3.05, 3.63) is 53.6 Å². The fraction of sp³-hybridized carbons (Fsp3) is 0.593. The van der Waals surface area contributed by atoms with Crippen LogP contribution in [0.5, 0.6) is 0 Å². The van der Waals surface area contributed by atoms with Crippen LogP contribution in [0, 0.1) is 17.8 Å². The molecule has 0 aromatic heterocycles. The second kappa shape index (κ2) is 11.2. The summed E-state index contributed by atoms with van der Waals surface area (Å²) in [5.74, 6) is 1.18. The first kappa shape index (κ1) is 24.5. The minimum absolute atomic E-state index is 0.106. The van der Waals surface area contributed by atoms with Crippen molar-refractivity contribution >= 4 is 11.6 Å². The summed E-state index contributed by atoms with van der Waals surface area (Å²) in [6.07, 6.45) is 11.5. The zero-order valence-corrected chi connectivity index (χ0v) is 20.1. The van der Waals surface area contributed by atoms with Crippen LogP contribution in [0.1, 0.15) is 44.1 Å². The van der Waals surface area contributed by atoms with Crippen molar-refractivity contribution in [1.29, 1.82) is 0 Å². The Morgan fingerprint density at radius 1 is 1.16 bits per heavy atom. The molecule has 1 fully saturated rings. The number of rotatable bonds is 10. The lowest BCUT2D eigenvalue weighted by atomic mass is 9.88. The second-order valence-electron chi connectivity index (χ2n) is 9.95. The number of anilines is 1. The summed E-state index contributed by atoms with van der Waals surface area (Å²) in [7, 11) is 7.64. The summed E-state index contributed by atoms with van der Waals surface area (Å²) in [5.41, 5.74) is 3.73. The van der Waals surface area contributed by atoms with Gasteiger partial charge in [0, 0.05) is 52.6 Å². The third kappa shape index (κ3) is 6.46. The van der Waals surface area contributed by atoms with Crippen LogP contribution in [0.3, 0.4) is 0 Å². The Hall–Kier alpha value is -2.11. The minimum atomic E-state index is -0.547. The lowest BCUT2D eigenvalue weighted by Crippen LogP contribution is -2.21. The summed E-state index contributed by atoms with van der Waals surface area (Å²) >= 11 is 0. The van der Waals surface area contributed by atoms with Crippen molar-refractivity contribution in [2.45, 2.75) is 57.2 Å². The van der Waals surface area contributed by atoms with Crippen molar-refractivity contribution in [3.8, 4) is 0 Å². The third-order valence-electron chi connectivity index (χ3n) is 7.04. The molecule has 176 valence electrons. The third-order valence-corrected chi connectivity index (χ3v) is 7.04. The second-order valence-corrected chi connectivity index (χ2v) is 9.95. The summed E-state index contributed by atoms with van der Waals surface area (Å²) < 4.78 is 0. The summed E-state index contributed by atoms with van der Waals surface area (Å²) in [6.45, 7) is 0. The molecule has 1 amide bonds. The molecule has 32 heavy (non-hydrogen) atoms. The Kier molecular flexibility index (Phi) is 8.55. The Morgan fingerprint density at radius 2 is 1.88 bits per heavy atom. The highest BCUT2D eigenvalue weighted by atomic mass is 16.3. The molecule has 0 spiro atoms. The van der Waals surface area contributed by atoms with Crippen molar-refractivity contribution < 1.29 is 15.0 Å². The molecule has 3 rings (SSSR count). The molecule has 2 aliphatic rings. The maximum atomic E-state index is 11.7. The van der Waals surface area contributed by atoms with Gasteiger partial charge < -0.3 is 20.0 Å². The molecule has 0 aliphatic heterocycles. The van der Waals surface area contributed by atoms with E-state index in [0.29, 0.717) is 24.7 Å². The predicted octanol–water partition coefficient (Wildman–Crippen LogP) is 3.80. The molecule has 2 aliphatic carbocycles. The van der Waals surface area contributed by atoms with Gasteiger partial charge in [-0.25, -0.2) is 0 Å². The molecule has 0 bridgehead atoms. The van der Waals surface area contributed by atoms with Crippen LogP contribution in [0.15, 0.2) is 48.1 Å². The van der Waals surface area contributed by atoms with E-state index in [-0.39, 0.29) is 17.9 Å². The molecule has 2 N–H and O–H groups in total. The molecule has 1 saturated carbocycles. The van der Waals surface area contributed by atoms with Gasteiger partial charge in [0.25, 0.3) is 0 Å². The smallest absolute Gasteiger partial charge is 0.222 e. The highest BCUT2D eigenvalue weighted by Gasteiger charge is 2.43. The average Bonchev–Trinajstić information content (AvgIpc) is 3.26. The number of fused-ring (bicyclic) bond motifs is 1. The van der Waals surface area contributed by atoms with Crippen LogP contribution in [-0.4, -0.2) is 61.4 Å². The number of aliphatic hydroxyl groups excluding tert-OH is 2. The van der Waals surface area contributed by atoms with Crippen molar-refractivity contribution in [1.82, 2.24) is 4.90 Å². The van der Waals surface area contributed by atoms with Gasteiger partial charge in [-0.2, -0.15) is 0 Å². The Bertz CT molecular complexity index is 813. The van der Waals surface area contributed by atoms with Crippen LogP contribution >= 0.6 is 0 Å². The number of carbonyl (C=O) groups is 1. The maximum Gasteiger partial charge on any atom is 0.222 e. The first-order valence-electron chi connectivity index (χ1n) is 11.9. The molecule has 5 atom stereocenters. The van der Waals surface area contributed by atoms with Gasteiger partial charge in [0.1, 0.15) is 0 Å². The molecule has 1 aromatic carbocycles. The number of carbonyl (C=O) groups excluding carboxylic acids is 1. The van der Waals surface area contributed by atoms with Crippen LogP contribution < -0.4 is 4.90 Å². The Labute approximate surface area is 193 Å². The van der Waals surface area contributed by atoms with E-state index in [9.17, 15) is 15.0 Å². The number of benzene rings is 1. The van der Waals surface area contributed by atoms with Gasteiger partial charge in [-0.15, -0.1) is 0 Å². The lowest BCUT2D eigenvalue weighted by Gasteiger charge is -2.19. The van der Waals surface area contributed by atoms with Crippen LogP contribution in [0.25, 0.3) is 0 Å². The average molecular weight is 441 g/mol. The molecule has 5 heteroatoms. The number of aliphatic hydroxyl groups is 2. The summed E-state index contributed by atoms with van der Waals surface area (Å²) in [6, 6.07) is 8.26. The van der Waals surface area contributed by atoms with E-state index in [1.807, 2.05) is 20.2 Å². The standard InChI is InChI=1S/C27H40N2O3/c1-28(2)22-11-9-19(10-12-22)16-23(30)13-14-24-25-17-20(15-21(25)18-26(24)31)7-5-6-8-27(32)29(3)4/h9-15,21,23-26,30-31H,5-8,16-18H2,1-4H3/b14-13+/t21-,23+,24+,25-,26+/m0/s1. The largest absolute Gasteiger partial charge is 0.392 e. The minimum Gasteiger partial charge on any atom is -0.392 e. The molecular weight excluding hydrogens is 400 g/mol. The highest BCUT2D eigenvalue weighted by Crippen LogP contribution is 2.48. The SMILES string of the molecule is CN(C)C(=O)CCCCC1=C[C@H]2C[C@@H](O)[C@H](/C=C/[C@@H](O)Cc3ccc(N(C)C)cc3)[C@H]2C1. The quantitative estimate of drug-likeness (QED) is 0.429. The maximum absolute atomic E-state index is 11.7. The van der Waals surface area contributed by atoms with E-state index in [1.54, 1.807) is 19.0 Å². The van der Waals surface area contributed by atoms with Crippen LogP contribution in [0.4, 0.5) is 5.69 Å². The van der Waals surface area contributed by atoms with E-state index in [4.69, 9.17) is 0 Å². The zero-order valence-electron chi connectivity index (χ0n) is 20.1. The number of hydrogen-bond acceptors (Lipinski definition) is 4.